The Morgan fingerprint density at radius 2 is 2.05 bits per heavy atom. The van der Waals surface area contributed by atoms with Crippen molar-refractivity contribution in [2.24, 2.45) is 0 Å². The lowest BCUT2D eigenvalue weighted by Crippen LogP contribution is -1.93. The highest BCUT2D eigenvalue weighted by atomic mass is 35.5. The van der Waals surface area contributed by atoms with Gasteiger partial charge in [-0.3, -0.25) is 0 Å². The maximum Gasteiger partial charge on any atom is 0.231 e. The van der Waals surface area contributed by atoms with Gasteiger partial charge in [0.15, 0.2) is 11.5 Å². The Morgan fingerprint density at radius 3 is 2.95 bits per heavy atom. The highest BCUT2D eigenvalue weighted by Gasteiger charge is 2.19. The van der Waals surface area contributed by atoms with E-state index in [0.29, 0.717) is 16.5 Å². The molecule has 2 heterocycles. The van der Waals surface area contributed by atoms with Crippen LogP contribution in [0.15, 0.2) is 36.4 Å². The Labute approximate surface area is 113 Å². The zero-order valence-corrected chi connectivity index (χ0v) is 10.6. The molecule has 5 heteroatoms. The summed E-state index contributed by atoms with van der Waals surface area (Å²) in [4.78, 5) is 7.80. The van der Waals surface area contributed by atoms with Gasteiger partial charge in [0.1, 0.15) is 5.82 Å². The molecule has 0 unspecified atom stereocenters. The number of fused-ring (bicyclic) bond motifs is 2. The fourth-order valence-corrected chi connectivity index (χ4v) is 2.46. The Bertz CT molecular complexity index is 749. The van der Waals surface area contributed by atoms with Gasteiger partial charge < -0.3 is 14.5 Å². The standard InChI is InChI=1S/C14H9ClN2O2/c15-9-5-8(6-12-13(9)19-7-18-12)14-16-10-3-1-2-4-11(10)17-14/h1-6H,7H2,(H,16,17). The van der Waals surface area contributed by atoms with E-state index < -0.39 is 0 Å². The molecule has 19 heavy (non-hydrogen) atoms. The second-order valence-electron chi connectivity index (χ2n) is 4.29. The van der Waals surface area contributed by atoms with Crippen LogP contribution in [0.1, 0.15) is 0 Å². The molecule has 0 saturated carbocycles. The molecule has 0 aliphatic carbocycles. The summed E-state index contributed by atoms with van der Waals surface area (Å²) < 4.78 is 10.7. The third kappa shape index (κ3) is 1.64. The second-order valence-corrected chi connectivity index (χ2v) is 4.70. The lowest BCUT2D eigenvalue weighted by Gasteiger charge is -2.02. The number of halogens is 1. The van der Waals surface area contributed by atoms with Crippen LogP contribution in [0.2, 0.25) is 5.02 Å². The van der Waals surface area contributed by atoms with Crippen molar-refractivity contribution in [1.82, 2.24) is 9.97 Å². The predicted molar refractivity (Wildman–Crippen MR) is 72.7 cm³/mol. The smallest absolute Gasteiger partial charge is 0.231 e. The first-order valence-corrected chi connectivity index (χ1v) is 6.23. The van der Waals surface area contributed by atoms with E-state index in [1.807, 2.05) is 36.4 Å². The minimum Gasteiger partial charge on any atom is -0.454 e. The molecule has 0 atom stereocenters. The van der Waals surface area contributed by atoms with E-state index in [0.717, 1.165) is 22.4 Å². The molecule has 0 saturated heterocycles. The van der Waals surface area contributed by atoms with Crippen molar-refractivity contribution in [1.29, 1.82) is 0 Å². The minimum atomic E-state index is 0.207. The number of hydrogen-bond acceptors (Lipinski definition) is 3. The van der Waals surface area contributed by atoms with Gasteiger partial charge in [0.05, 0.1) is 16.1 Å². The van der Waals surface area contributed by atoms with Crippen LogP contribution in [0.3, 0.4) is 0 Å². The zero-order chi connectivity index (χ0) is 12.8. The molecular weight excluding hydrogens is 264 g/mol. The van der Waals surface area contributed by atoms with Gasteiger partial charge in [-0.1, -0.05) is 23.7 Å². The predicted octanol–water partition coefficient (Wildman–Crippen LogP) is 3.61. The van der Waals surface area contributed by atoms with Crippen LogP contribution in [0.5, 0.6) is 11.5 Å². The molecule has 0 fully saturated rings. The summed E-state index contributed by atoms with van der Waals surface area (Å²) in [6.07, 6.45) is 0. The van der Waals surface area contributed by atoms with Crippen molar-refractivity contribution in [3.63, 3.8) is 0 Å². The molecule has 4 rings (SSSR count). The molecule has 0 bridgehead atoms. The summed E-state index contributed by atoms with van der Waals surface area (Å²) in [5.41, 5.74) is 2.79. The van der Waals surface area contributed by atoms with Crippen LogP contribution in [0.4, 0.5) is 0 Å². The molecule has 94 valence electrons. The summed E-state index contributed by atoms with van der Waals surface area (Å²) in [5.74, 6) is 2.02. The van der Waals surface area contributed by atoms with Crippen molar-refractivity contribution in [2.45, 2.75) is 0 Å². The summed E-state index contributed by atoms with van der Waals surface area (Å²) in [6.45, 7) is 0.207. The molecule has 1 N–H and O–H groups in total. The summed E-state index contributed by atoms with van der Waals surface area (Å²) in [7, 11) is 0. The number of ether oxygens (including phenoxy) is 2. The number of imidazole rings is 1. The molecule has 1 aliphatic heterocycles. The SMILES string of the molecule is Clc1cc(-c2nc3ccccc3[nH]2)cc2c1OCO2. The van der Waals surface area contributed by atoms with E-state index in [9.17, 15) is 0 Å². The number of nitrogens with zero attached hydrogens (tertiary/aromatic N) is 1. The number of para-hydroxylation sites is 2. The average Bonchev–Trinajstić information content (AvgIpc) is 3.04. The molecule has 0 radical (unpaired) electrons. The number of H-pyrrole nitrogens is 1. The fourth-order valence-electron chi connectivity index (χ4n) is 2.19. The fraction of sp³-hybridized carbons (Fsp3) is 0.0714. The van der Waals surface area contributed by atoms with Gasteiger partial charge >= 0.3 is 0 Å². The van der Waals surface area contributed by atoms with Crippen molar-refractivity contribution < 1.29 is 9.47 Å². The maximum atomic E-state index is 6.18. The van der Waals surface area contributed by atoms with Gasteiger partial charge in [-0.2, -0.15) is 0 Å². The Morgan fingerprint density at radius 1 is 1.16 bits per heavy atom. The first-order valence-electron chi connectivity index (χ1n) is 5.85. The molecular formula is C14H9ClN2O2. The maximum absolute atomic E-state index is 6.18. The van der Waals surface area contributed by atoms with E-state index in [4.69, 9.17) is 21.1 Å². The van der Waals surface area contributed by atoms with Gasteiger partial charge in [0, 0.05) is 5.56 Å². The molecule has 4 nitrogen and oxygen atoms in total. The number of aromatic amines is 1. The largest absolute Gasteiger partial charge is 0.454 e. The first-order chi connectivity index (χ1) is 9.31. The minimum absolute atomic E-state index is 0.207. The van der Waals surface area contributed by atoms with Gasteiger partial charge in [-0.05, 0) is 24.3 Å². The molecule has 1 aromatic heterocycles. The van der Waals surface area contributed by atoms with E-state index in [1.54, 1.807) is 0 Å². The first kappa shape index (κ1) is 10.7. The van der Waals surface area contributed by atoms with Crippen LogP contribution in [-0.2, 0) is 0 Å². The van der Waals surface area contributed by atoms with Crippen LogP contribution in [0.25, 0.3) is 22.4 Å². The molecule has 0 spiro atoms. The van der Waals surface area contributed by atoms with Crippen molar-refractivity contribution in [2.75, 3.05) is 6.79 Å². The number of aromatic nitrogens is 2. The van der Waals surface area contributed by atoms with Crippen molar-refractivity contribution in [3.05, 3.63) is 41.4 Å². The molecule has 3 aromatic rings. The van der Waals surface area contributed by atoms with E-state index in [1.165, 1.54) is 0 Å². The zero-order valence-electron chi connectivity index (χ0n) is 9.81. The van der Waals surface area contributed by atoms with E-state index in [2.05, 4.69) is 9.97 Å². The van der Waals surface area contributed by atoms with Crippen LogP contribution < -0.4 is 9.47 Å². The van der Waals surface area contributed by atoms with E-state index >= 15 is 0 Å². The highest BCUT2D eigenvalue weighted by Crippen LogP contribution is 2.41. The topological polar surface area (TPSA) is 47.1 Å². The van der Waals surface area contributed by atoms with Gasteiger partial charge in [-0.25, -0.2) is 4.98 Å². The van der Waals surface area contributed by atoms with E-state index in [-0.39, 0.29) is 6.79 Å². The quantitative estimate of drug-likeness (QED) is 0.736. The third-order valence-electron chi connectivity index (χ3n) is 3.09. The molecule has 2 aromatic carbocycles. The summed E-state index contributed by atoms with van der Waals surface area (Å²) in [5, 5.41) is 0.533. The van der Waals surface area contributed by atoms with Crippen LogP contribution in [0, 0.1) is 0 Å². The second kappa shape index (κ2) is 3.90. The van der Waals surface area contributed by atoms with Gasteiger partial charge in [-0.15, -0.1) is 0 Å². The van der Waals surface area contributed by atoms with Crippen molar-refractivity contribution in [3.8, 4) is 22.9 Å². The van der Waals surface area contributed by atoms with Gasteiger partial charge in [0.2, 0.25) is 6.79 Å². The lowest BCUT2D eigenvalue weighted by atomic mass is 10.2. The highest BCUT2D eigenvalue weighted by molar-refractivity contribution is 6.32. The monoisotopic (exact) mass is 272 g/mol. The average molecular weight is 273 g/mol. The number of rotatable bonds is 1. The summed E-state index contributed by atoms with van der Waals surface area (Å²) in [6, 6.07) is 11.6. The lowest BCUT2D eigenvalue weighted by molar-refractivity contribution is 0.174. The van der Waals surface area contributed by atoms with Crippen molar-refractivity contribution >= 4 is 22.6 Å². The number of hydrogen-bond donors (Lipinski definition) is 1. The van der Waals surface area contributed by atoms with Gasteiger partial charge in [0.25, 0.3) is 0 Å². The Hall–Kier alpha value is -2.20. The third-order valence-corrected chi connectivity index (χ3v) is 3.37. The normalized spacial score (nSPS) is 13.1. The van der Waals surface area contributed by atoms with Crippen LogP contribution >= 0.6 is 11.6 Å². The Balaban J connectivity index is 1.90. The number of benzene rings is 2. The molecule has 0 amide bonds. The number of nitrogens with one attached hydrogen (secondary N) is 1. The Kier molecular flexibility index (Phi) is 2.19. The summed E-state index contributed by atoms with van der Waals surface area (Å²) >= 11 is 6.18. The molecule has 1 aliphatic rings. The van der Waals surface area contributed by atoms with Crippen LogP contribution in [-0.4, -0.2) is 16.8 Å².